The van der Waals surface area contributed by atoms with Crippen molar-refractivity contribution >= 4 is 33.4 Å². The van der Waals surface area contributed by atoms with Crippen molar-refractivity contribution in [3.8, 4) is 0 Å². The topological polar surface area (TPSA) is 46.3 Å². The number of halogens is 2. The van der Waals surface area contributed by atoms with Crippen LogP contribution < -0.4 is 5.73 Å². The maximum Gasteiger partial charge on any atom is 0.254 e. The molecule has 2 atom stereocenters. The number of hydrogen-bond donors (Lipinski definition) is 1. The Labute approximate surface area is 127 Å². The van der Waals surface area contributed by atoms with Crippen molar-refractivity contribution in [2.24, 2.45) is 5.73 Å². The van der Waals surface area contributed by atoms with E-state index in [1.54, 1.807) is 18.2 Å². The molecule has 1 amide bonds. The molecule has 0 bridgehead atoms. The average molecular weight is 346 g/mol. The monoisotopic (exact) mass is 344 g/mol. The summed E-state index contributed by atoms with van der Waals surface area (Å²) >= 11 is 9.38. The molecule has 1 heterocycles. The first-order valence-electron chi connectivity index (χ1n) is 6.51. The molecule has 2 N–H and O–H groups in total. The number of nitrogens with zero attached hydrogens (tertiary/aromatic N) is 1. The van der Waals surface area contributed by atoms with E-state index in [0.29, 0.717) is 10.6 Å². The number of piperidine rings is 1. The normalized spacial score (nSPS) is 21.3. The minimum atomic E-state index is -0.00752. The van der Waals surface area contributed by atoms with Gasteiger partial charge in [0, 0.05) is 33.7 Å². The second kappa shape index (κ2) is 6.25. The van der Waals surface area contributed by atoms with Crippen LogP contribution in [0.3, 0.4) is 0 Å². The maximum absolute atomic E-state index is 12.6. The van der Waals surface area contributed by atoms with Gasteiger partial charge in [0.1, 0.15) is 0 Å². The summed E-state index contributed by atoms with van der Waals surface area (Å²) in [5.41, 5.74) is 6.62. The number of benzene rings is 1. The number of likely N-dealkylation sites (tertiary alicyclic amines) is 1. The quantitative estimate of drug-likeness (QED) is 0.892. The van der Waals surface area contributed by atoms with Crippen LogP contribution in [0.5, 0.6) is 0 Å². The number of hydrogen-bond acceptors (Lipinski definition) is 2. The lowest BCUT2D eigenvalue weighted by molar-refractivity contribution is 0.0584. The molecular formula is C14H18BrClN2O. The molecule has 19 heavy (non-hydrogen) atoms. The minimum Gasteiger partial charge on any atom is -0.334 e. The molecular weight excluding hydrogens is 328 g/mol. The van der Waals surface area contributed by atoms with E-state index in [2.05, 4.69) is 15.9 Å². The molecule has 0 aliphatic carbocycles. The zero-order valence-electron chi connectivity index (χ0n) is 10.9. The van der Waals surface area contributed by atoms with Gasteiger partial charge in [-0.15, -0.1) is 0 Å². The van der Waals surface area contributed by atoms with E-state index in [1.807, 2.05) is 11.8 Å². The molecule has 1 saturated heterocycles. The summed E-state index contributed by atoms with van der Waals surface area (Å²) in [5.74, 6) is 0.0187. The standard InChI is InChI=1S/C14H18BrClN2O/c1-9(17)13-4-2-3-5-18(13)14(19)10-6-11(15)8-12(16)7-10/h6-9,13H,2-5,17H2,1H3. The van der Waals surface area contributed by atoms with Crippen LogP contribution in [-0.4, -0.2) is 29.4 Å². The third kappa shape index (κ3) is 3.50. The van der Waals surface area contributed by atoms with E-state index in [4.69, 9.17) is 17.3 Å². The second-order valence-corrected chi connectivity index (χ2v) is 6.43. The molecule has 1 aliphatic heterocycles. The number of rotatable bonds is 2. The number of nitrogens with two attached hydrogens (primary N) is 1. The summed E-state index contributed by atoms with van der Waals surface area (Å²) < 4.78 is 0.817. The Morgan fingerprint density at radius 2 is 2.21 bits per heavy atom. The van der Waals surface area contributed by atoms with E-state index >= 15 is 0 Å². The van der Waals surface area contributed by atoms with Crippen molar-refractivity contribution in [1.29, 1.82) is 0 Å². The Kier molecular flexibility index (Phi) is 4.87. The lowest BCUT2D eigenvalue weighted by atomic mass is 9.96. The van der Waals surface area contributed by atoms with Crippen LogP contribution in [-0.2, 0) is 0 Å². The molecule has 0 spiro atoms. The zero-order valence-corrected chi connectivity index (χ0v) is 13.2. The van der Waals surface area contributed by atoms with Crippen LogP contribution in [0, 0.1) is 0 Å². The molecule has 1 aliphatic rings. The van der Waals surface area contributed by atoms with Crippen molar-refractivity contribution in [3.05, 3.63) is 33.3 Å². The SMILES string of the molecule is CC(N)C1CCCCN1C(=O)c1cc(Cl)cc(Br)c1. The molecule has 1 aromatic carbocycles. The van der Waals surface area contributed by atoms with E-state index in [9.17, 15) is 4.79 Å². The molecule has 0 saturated carbocycles. The van der Waals surface area contributed by atoms with Crippen molar-refractivity contribution in [2.45, 2.75) is 38.3 Å². The van der Waals surface area contributed by atoms with Crippen LogP contribution in [0.25, 0.3) is 0 Å². The van der Waals surface area contributed by atoms with Gasteiger partial charge in [0.05, 0.1) is 0 Å². The number of carbonyl (C=O) groups is 1. The zero-order chi connectivity index (χ0) is 14.0. The second-order valence-electron chi connectivity index (χ2n) is 5.08. The molecule has 1 fully saturated rings. The Hall–Kier alpha value is -0.580. The predicted molar refractivity (Wildman–Crippen MR) is 81.5 cm³/mol. The minimum absolute atomic E-state index is 0.00752. The largest absolute Gasteiger partial charge is 0.334 e. The third-order valence-electron chi connectivity index (χ3n) is 3.53. The van der Waals surface area contributed by atoms with Gasteiger partial charge >= 0.3 is 0 Å². The van der Waals surface area contributed by atoms with E-state index < -0.39 is 0 Å². The highest BCUT2D eigenvalue weighted by Crippen LogP contribution is 2.25. The predicted octanol–water partition coefficient (Wildman–Crippen LogP) is 3.44. The van der Waals surface area contributed by atoms with Crippen LogP contribution in [0.1, 0.15) is 36.5 Å². The highest BCUT2D eigenvalue weighted by Gasteiger charge is 2.29. The Morgan fingerprint density at radius 3 is 2.84 bits per heavy atom. The first-order chi connectivity index (χ1) is 8.99. The van der Waals surface area contributed by atoms with Crippen LogP contribution in [0.15, 0.2) is 22.7 Å². The molecule has 0 radical (unpaired) electrons. The summed E-state index contributed by atoms with van der Waals surface area (Å²) in [4.78, 5) is 14.5. The summed E-state index contributed by atoms with van der Waals surface area (Å²) in [7, 11) is 0. The average Bonchev–Trinajstić information content (AvgIpc) is 2.36. The summed E-state index contributed by atoms with van der Waals surface area (Å²) in [5, 5.41) is 0.562. The highest BCUT2D eigenvalue weighted by atomic mass is 79.9. The Morgan fingerprint density at radius 1 is 1.47 bits per heavy atom. The molecule has 2 rings (SSSR count). The number of amides is 1. The first-order valence-corrected chi connectivity index (χ1v) is 7.69. The van der Waals surface area contributed by atoms with Crippen molar-refractivity contribution in [3.63, 3.8) is 0 Å². The Bertz CT molecular complexity index is 458. The molecule has 3 nitrogen and oxygen atoms in total. The summed E-state index contributed by atoms with van der Waals surface area (Å²) in [6.45, 7) is 2.74. The van der Waals surface area contributed by atoms with Gasteiger partial charge in [-0.1, -0.05) is 27.5 Å². The first kappa shape index (κ1) is 14.8. The van der Waals surface area contributed by atoms with Gasteiger partial charge in [-0.05, 0) is 44.4 Å². The molecule has 5 heteroatoms. The third-order valence-corrected chi connectivity index (χ3v) is 4.20. The van der Waals surface area contributed by atoms with Gasteiger partial charge in [0.25, 0.3) is 5.91 Å². The fraction of sp³-hybridized carbons (Fsp3) is 0.500. The van der Waals surface area contributed by atoms with Crippen LogP contribution >= 0.6 is 27.5 Å². The molecule has 0 aromatic heterocycles. The smallest absolute Gasteiger partial charge is 0.254 e. The van der Waals surface area contributed by atoms with Crippen molar-refractivity contribution in [1.82, 2.24) is 4.90 Å². The fourth-order valence-corrected chi connectivity index (χ4v) is 3.46. The van der Waals surface area contributed by atoms with Crippen molar-refractivity contribution in [2.75, 3.05) is 6.54 Å². The van der Waals surface area contributed by atoms with E-state index in [0.717, 1.165) is 30.3 Å². The van der Waals surface area contributed by atoms with Crippen LogP contribution in [0.4, 0.5) is 0 Å². The molecule has 2 unspecified atom stereocenters. The van der Waals surface area contributed by atoms with Gasteiger partial charge in [0.2, 0.25) is 0 Å². The fourth-order valence-electron chi connectivity index (χ4n) is 2.60. The maximum atomic E-state index is 12.6. The number of carbonyl (C=O) groups excluding carboxylic acids is 1. The van der Waals surface area contributed by atoms with Gasteiger partial charge in [-0.25, -0.2) is 0 Å². The lowest BCUT2D eigenvalue weighted by Crippen LogP contribution is -2.51. The van der Waals surface area contributed by atoms with Gasteiger partial charge in [0.15, 0.2) is 0 Å². The van der Waals surface area contributed by atoms with Crippen LogP contribution in [0.2, 0.25) is 5.02 Å². The van der Waals surface area contributed by atoms with Crippen molar-refractivity contribution < 1.29 is 4.79 Å². The summed E-state index contributed by atoms with van der Waals surface area (Å²) in [6.07, 6.45) is 3.15. The summed E-state index contributed by atoms with van der Waals surface area (Å²) in [6, 6.07) is 5.41. The van der Waals surface area contributed by atoms with Gasteiger partial charge in [-0.3, -0.25) is 4.79 Å². The lowest BCUT2D eigenvalue weighted by Gasteiger charge is -2.38. The van der Waals surface area contributed by atoms with E-state index in [1.165, 1.54) is 0 Å². The molecule has 1 aromatic rings. The Balaban J connectivity index is 2.26. The molecule has 104 valence electrons. The van der Waals surface area contributed by atoms with E-state index in [-0.39, 0.29) is 18.0 Å². The highest BCUT2D eigenvalue weighted by molar-refractivity contribution is 9.10. The van der Waals surface area contributed by atoms with Gasteiger partial charge in [-0.2, -0.15) is 0 Å². The van der Waals surface area contributed by atoms with Gasteiger partial charge < -0.3 is 10.6 Å².